The normalized spacial score (nSPS) is 22.5. The Bertz CT molecular complexity index is 321. The van der Waals surface area contributed by atoms with Gasteiger partial charge in [0.1, 0.15) is 0 Å². The first kappa shape index (κ1) is 11.5. The molecular weight excluding hydrogens is 206 g/mol. The predicted molar refractivity (Wildman–Crippen MR) is 59.0 cm³/mol. The molecule has 2 unspecified atom stereocenters. The largest absolute Gasteiger partial charge is 0.381 e. The fraction of sp³-hybridized carbons (Fsp3) is 0.818. The van der Waals surface area contributed by atoms with Crippen LogP contribution in [0.15, 0.2) is 4.52 Å². The van der Waals surface area contributed by atoms with Crippen LogP contribution in [0.5, 0.6) is 0 Å². The van der Waals surface area contributed by atoms with Crippen LogP contribution in [0.4, 0.5) is 0 Å². The Balaban J connectivity index is 1.90. The van der Waals surface area contributed by atoms with E-state index >= 15 is 0 Å². The van der Waals surface area contributed by atoms with Gasteiger partial charge >= 0.3 is 0 Å². The molecule has 0 amide bonds. The van der Waals surface area contributed by atoms with Crippen LogP contribution >= 0.6 is 0 Å². The van der Waals surface area contributed by atoms with Crippen LogP contribution < -0.4 is 5.73 Å². The minimum Gasteiger partial charge on any atom is -0.381 e. The van der Waals surface area contributed by atoms with Gasteiger partial charge in [0.25, 0.3) is 0 Å². The van der Waals surface area contributed by atoms with Crippen molar-refractivity contribution in [3.63, 3.8) is 0 Å². The Morgan fingerprint density at radius 1 is 1.56 bits per heavy atom. The van der Waals surface area contributed by atoms with Crippen LogP contribution in [0.1, 0.15) is 37.4 Å². The number of hydrogen-bond acceptors (Lipinski definition) is 5. The zero-order valence-electron chi connectivity index (χ0n) is 9.69. The highest BCUT2D eigenvalue weighted by atomic mass is 16.5. The molecule has 2 rings (SSSR count). The summed E-state index contributed by atoms with van der Waals surface area (Å²) in [5.41, 5.74) is 5.50. The molecule has 2 heterocycles. The Morgan fingerprint density at radius 2 is 2.44 bits per heavy atom. The summed E-state index contributed by atoms with van der Waals surface area (Å²) >= 11 is 0. The molecule has 1 aliphatic heterocycles. The Hall–Kier alpha value is -0.940. The molecule has 0 aromatic carbocycles. The quantitative estimate of drug-likeness (QED) is 0.812. The molecule has 1 saturated heterocycles. The van der Waals surface area contributed by atoms with E-state index in [4.69, 9.17) is 15.0 Å². The fourth-order valence-electron chi connectivity index (χ4n) is 1.93. The van der Waals surface area contributed by atoms with E-state index in [1.807, 2.05) is 0 Å². The number of nitrogens with two attached hydrogens (primary N) is 1. The predicted octanol–water partition coefficient (Wildman–Crippen LogP) is 1.10. The van der Waals surface area contributed by atoms with Gasteiger partial charge in [-0.25, -0.2) is 0 Å². The summed E-state index contributed by atoms with van der Waals surface area (Å²) in [4.78, 5) is 4.40. The van der Waals surface area contributed by atoms with Gasteiger partial charge in [0.15, 0.2) is 5.82 Å². The third-order valence-electron chi connectivity index (χ3n) is 3.00. The molecule has 5 heteroatoms. The summed E-state index contributed by atoms with van der Waals surface area (Å²) in [6.07, 6.45) is 2.84. The lowest BCUT2D eigenvalue weighted by molar-refractivity contribution is 0.185. The molecule has 1 fully saturated rings. The summed E-state index contributed by atoms with van der Waals surface area (Å²) in [6.45, 7) is 4.39. The van der Waals surface area contributed by atoms with Crippen molar-refractivity contribution in [1.29, 1.82) is 0 Å². The number of nitrogens with zero attached hydrogens (tertiary/aromatic N) is 2. The maximum atomic E-state index is 5.50. The Labute approximate surface area is 95.3 Å². The summed E-state index contributed by atoms with van der Waals surface area (Å²) in [7, 11) is 0. The first-order valence-corrected chi connectivity index (χ1v) is 5.90. The first-order valence-electron chi connectivity index (χ1n) is 5.90. The third kappa shape index (κ3) is 2.80. The Morgan fingerprint density at radius 3 is 3.12 bits per heavy atom. The standard InChI is InChI=1S/C11H19N3O2/c1-8(2-4-12)11-13-10(14-16-11)6-9-3-5-15-7-9/h8-9H,2-7,12H2,1H3. The topological polar surface area (TPSA) is 74.2 Å². The molecular formula is C11H19N3O2. The van der Waals surface area contributed by atoms with E-state index < -0.39 is 0 Å². The molecule has 90 valence electrons. The second-order valence-corrected chi connectivity index (χ2v) is 4.46. The van der Waals surface area contributed by atoms with Crippen LogP contribution in [-0.4, -0.2) is 29.9 Å². The fourth-order valence-corrected chi connectivity index (χ4v) is 1.93. The molecule has 2 atom stereocenters. The Kier molecular flexibility index (Phi) is 3.90. The average Bonchev–Trinajstić information content (AvgIpc) is 2.90. The number of aromatic nitrogens is 2. The number of ether oxygens (including phenoxy) is 1. The lowest BCUT2D eigenvalue weighted by Crippen LogP contribution is -2.06. The summed E-state index contributed by atoms with van der Waals surface area (Å²) < 4.78 is 10.6. The van der Waals surface area contributed by atoms with Crippen LogP contribution in [0.2, 0.25) is 0 Å². The minimum absolute atomic E-state index is 0.256. The molecule has 0 saturated carbocycles. The van der Waals surface area contributed by atoms with Crippen molar-refractivity contribution in [2.75, 3.05) is 19.8 Å². The number of hydrogen-bond donors (Lipinski definition) is 1. The van der Waals surface area contributed by atoms with Crippen molar-refractivity contribution in [3.05, 3.63) is 11.7 Å². The van der Waals surface area contributed by atoms with E-state index in [1.54, 1.807) is 0 Å². The van der Waals surface area contributed by atoms with Crippen LogP contribution in [0.25, 0.3) is 0 Å². The minimum atomic E-state index is 0.256. The van der Waals surface area contributed by atoms with E-state index in [-0.39, 0.29) is 5.92 Å². The van der Waals surface area contributed by atoms with Gasteiger partial charge in [0.05, 0.1) is 0 Å². The van der Waals surface area contributed by atoms with Crippen LogP contribution in [-0.2, 0) is 11.2 Å². The van der Waals surface area contributed by atoms with E-state index in [2.05, 4.69) is 17.1 Å². The smallest absolute Gasteiger partial charge is 0.229 e. The molecule has 1 aliphatic rings. The second-order valence-electron chi connectivity index (χ2n) is 4.46. The van der Waals surface area contributed by atoms with Crippen molar-refractivity contribution in [2.24, 2.45) is 11.7 Å². The average molecular weight is 225 g/mol. The third-order valence-corrected chi connectivity index (χ3v) is 3.00. The van der Waals surface area contributed by atoms with Gasteiger partial charge < -0.3 is 15.0 Å². The monoisotopic (exact) mass is 225 g/mol. The first-order chi connectivity index (χ1) is 7.79. The summed E-state index contributed by atoms with van der Waals surface area (Å²) in [5, 5.41) is 4.00. The lowest BCUT2D eigenvalue weighted by atomic mass is 10.0. The zero-order valence-corrected chi connectivity index (χ0v) is 9.69. The molecule has 0 spiro atoms. The van der Waals surface area contributed by atoms with Crippen molar-refractivity contribution >= 4 is 0 Å². The summed E-state index contributed by atoms with van der Waals surface area (Å²) in [6, 6.07) is 0. The highest BCUT2D eigenvalue weighted by Gasteiger charge is 2.20. The second kappa shape index (κ2) is 5.41. The number of rotatable bonds is 5. The van der Waals surface area contributed by atoms with Gasteiger partial charge in [-0.05, 0) is 25.3 Å². The lowest BCUT2D eigenvalue weighted by Gasteiger charge is -2.02. The van der Waals surface area contributed by atoms with Gasteiger partial charge in [-0.3, -0.25) is 0 Å². The maximum Gasteiger partial charge on any atom is 0.229 e. The maximum absolute atomic E-state index is 5.50. The highest BCUT2D eigenvalue weighted by molar-refractivity contribution is 4.94. The molecule has 1 aromatic heterocycles. The molecule has 0 bridgehead atoms. The highest BCUT2D eigenvalue weighted by Crippen LogP contribution is 2.19. The van der Waals surface area contributed by atoms with Crippen LogP contribution in [0.3, 0.4) is 0 Å². The molecule has 5 nitrogen and oxygen atoms in total. The van der Waals surface area contributed by atoms with Gasteiger partial charge in [-0.1, -0.05) is 12.1 Å². The SMILES string of the molecule is CC(CCN)c1nc(CC2CCOC2)no1. The van der Waals surface area contributed by atoms with E-state index in [0.717, 1.165) is 38.3 Å². The van der Waals surface area contributed by atoms with E-state index in [0.29, 0.717) is 18.4 Å². The van der Waals surface area contributed by atoms with Crippen molar-refractivity contribution < 1.29 is 9.26 Å². The molecule has 0 radical (unpaired) electrons. The van der Waals surface area contributed by atoms with Gasteiger partial charge in [0.2, 0.25) is 5.89 Å². The van der Waals surface area contributed by atoms with Crippen molar-refractivity contribution in [1.82, 2.24) is 10.1 Å². The molecule has 0 aliphatic carbocycles. The van der Waals surface area contributed by atoms with Crippen molar-refractivity contribution in [2.45, 2.75) is 32.1 Å². The van der Waals surface area contributed by atoms with Crippen LogP contribution in [0, 0.1) is 5.92 Å². The zero-order chi connectivity index (χ0) is 11.4. The summed E-state index contributed by atoms with van der Waals surface area (Å²) in [5.74, 6) is 2.31. The van der Waals surface area contributed by atoms with Gasteiger partial charge in [-0.2, -0.15) is 4.98 Å². The van der Waals surface area contributed by atoms with Gasteiger partial charge in [0, 0.05) is 25.6 Å². The molecule has 16 heavy (non-hydrogen) atoms. The van der Waals surface area contributed by atoms with Crippen molar-refractivity contribution in [3.8, 4) is 0 Å². The molecule has 2 N–H and O–H groups in total. The van der Waals surface area contributed by atoms with E-state index in [1.165, 1.54) is 0 Å². The van der Waals surface area contributed by atoms with Gasteiger partial charge in [-0.15, -0.1) is 0 Å². The van der Waals surface area contributed by atoms with E-state index in [9.17, 15) is 0 Å². The molecule has 1 aromatic rings.